The van der Waals surface area contributed by atoms with Gasteiger partial charge < -0.3 is 28.6 Å². The van der Waals surface area contributed by atoms with Gasteiger partial charge >= 0.3 is 0 Å². The predicted octanol–water partition coefficient (Wildman–Crippen LogP) is -2.41. The van der Waals surface area contributed by atoms with Gasteiger partial charge in [0.15, 0.2) is 12.2 Å². The smallest absolute Gasteiger partial charge is 0.225 e. The Morgan fingerprint density at radius 3 is 2.77 bits per heavy atom. The molecule has 2 heterocycles. The lowest BCUT2D eigenvalue weighted by Crippen LogP contribution is -3.00. The van der Waals surface area contributed by atoms with Crippen molar-refractivity contribution < 1.29 is 21.7 Å². The number of aromatic nitrogens is 3. The van der Waals surface area contributed by atoms with E-state index >= 15 is 0 Å². The van der Waals surface area contributed by atoms with Crippen LogP contribution >= 0.6 is 11.3 Å². The maximum atomic E-state index is 5.95. The molecule has 4 N–H and O–H groups in total. The van der Waals surface area contributed by atoms with Crippen molar-refractivity contribution in [1.82, 2.24) is 9.97 Å². The minimum Gasteiger partial charge on any atom is -1.00 e. The zero-order chi connectivity index (χ0) is 15.2. The van der Waals surface area contributed by atoms with Gasteiger partial charge in [-0.2, -0.15) is 4.57 Å². The summed E-state index contributed by atoms with van der Waals surface area (Å²) >= 11 is 1.73. The lowest BCUT2D eigenvalue weighted by molar-refractivity contribution is -0.689. The molecule has 0 atom stereocenters. The van der Waals surface area contributed by atoms with Gasteiger partial charge in [-0.1, -0.05) is 11.3 Å². The second kappa shape index (κ2) is 8.99. The Kier molecular flexibility index (Phi) is 7.67. The van der Waals surface area contributed by atoms with E-state index < -0.39 is 0 Å². The monoisotopic (exact) mass is 343 g/mol. The molecular formula is C14H22ClN5OS. The molecule has 0 radical (unpaired) electrons. The van der Waals surface area contributed by atoms with Crippen LogP contribution in [0.5, 0.6) is 0 Å². The Bertz CT molecular complexity index is 605. The predicted molar refractivity (Wildman–Crippen MR) is 83.1 cm³/mol. The van der Waals surface area contributed by atoms with Crippen LogP contribution in [0, 0.1) is 13.8 Å². The largest absolute Gasteiger partial charge is 1.00 e. The third-order valence-electron chi connectivity index (χ3n) is 3.25. The topological polar surface area (TPSA) is 90.9 Å². The Balaban J connectivity index is 0.00000242. The molecule has 0 saturated heterocycles. The first kappa shape index (κ1) is 18.8. The van der Waals surface area contributed by atoms with Crippen molar-refractivity contribution in [1.29, 1.82) is 0 Å². The summed E-state index contributed by atoms with van der Waals surface area (Å²) in [6.07, 6.45) is 2.70. The van der Waals surface area contributed by atoms with Gasteiger partial charge in [0.05, 0.1) is 23.7 Å². The highest BCUT2D eigenvalue weighted by Crippen LogP contribution is 2.14. The summed E-state index contributed by atoms with van der Waals surface area (Å²) in [4.78, 5) is 9.73. The number of hydrogen-bond acceptors (Lipinski definition) is 6. The van der Waals surface area contributed by atoms with Crippen LogP contribution in [0.2, 0.25) is 0 Å². The minimum absolute atomic E-state index is 0. The third-order valence-corrected chi connectivity index (χ3v) is 4.40. The molecule has 0 bridgehead atoms. The van der Waals surface area contributed by atoms with Crippen molar-refractivity contribution in [2.75, 3.05) is 25.5 Å². The number of halogens is 1. The lowest BCUT2D eigenvalue weighted by Gasteiger charge is -2.02. The molecule has 0 spiro atoms. The van der Waals surface area contributed by atoms with Gasteiger partial charge in [0.2, 0.25) is 5.51 Å². The van der Waals surface area contributed by atoms with Crippen LogP contribution in [0.1, 0.15) is 22.0 Å². The van der Waals surface area contributed by atoms with Crippen LogP contribution in [0.25, 0.3) is 0 Å². The van der Waals surface area contributed by atoms with E-state index in [1.54, 1.807) is 17.5 Å². The Morgan fingerprint density at radius 2 is 2.09 bits per heavy atom. The number of nitrogens with zero attached hydrogens (tertiary/aromatic N) is 3. The summed E-state index contributed by atoms with van der Waals surface area (Å²) in [6.45, 7) is 6.52. The maximum Gasteiger partial charge on any atom is 0.225 e. The van der Waals surface area contributed by atoms with Gasteiger partial charge in [0.1, 0.15) is 11.6 Å². The van der Waals surface area contributed by atoms with E-state index in [1.165, 1.54) is 10.6 Å². The standard InChI is InChI=1S/C14H22N5OS.ClH/c1-10-13(3-5-20-6-4-15)21-9-19(10)8-12-7-17-11(2)18-14(12)16;/h7,9H,3-6,8,15H2,1-2H3,(H2,16,17,18);1H/q+1;/p-1. The van der Waals surface area contributed by atoms with Crippen molar-refractivity contribution in [3.8, 4) is 0 Å². The number of anilines is 1. The average Bonchev–Trinajstić information content (AvgIpc) is 2.79. The van der Waals surface area contributed by atoms with Gasteiger partial charge in [-0.05, 0) is 6.92 Å². The number of hydrogen-bond donors (Lipinski definition) is 2. The molecule has 122 valence electrons. The Labute approximate surface area is 140 Å². The summed E-state index contributed by atoms with van der Waals surface area (Å²) in [5.41, 5.74) is 15.6. The van der Waals surface area contributed by atoms with Crippen molar-refractivity contribution in [2.45, 2.75) is 26.8 Å². The van der Waals surface area contributed by atoms with E-state index in [1.807, 2.05) is 6.92 Å². The van der Waals surface area contributed by atoms with Crippen LogP contribution in [0.4, 0.5) is 5.82 Å². The van der Waals surface area contributed by atoms with Gasteiger partial charge in [-0.25, -0.2) is 9.97 Å². The first-order valence-corrected chi connectivity index (χ1v) is 7.82. The fourth-order valence-corrected chi connectivity index (χ4v) is 2.99. The van der Waals surface area contributed by atoms with Crippen molar-refractivity contribution in [3.63, 3.8) is 0 Å². The summed E-state index contributed by atoms with van der Waals surface area (Å²) < 4.78 is 7.61. The highest BCUT2D eigenvalue weighted by Gasteiger charge is 2.17. The Morgan fingerprint density at radius 1 is 1.32 bits per heavy atom. The molecular weight excluding hydrogens is 322 g/mol. The zero-order valence-electron chi connectivity index (χ0n) is 12.9. The molecule has 0 aliphatic heterocycles. The van der Waals surface area contributed by atoms with Crippen LogP contribution < -0.4 is 28.4 Å². The summed E-state index contributed by atoms with van der Waals surface area (Å²) in [6, 6.07) is 0. The third kappa shape index (κ3) is 4.88. The summed E-state index contributed by atoms with van der Waals surface area (Å²) in [7, 11) is 0. The highest BCUT2D eigenvalue weighted by atomic mass is 35.5. The fraction of sp³-hybridized carbons (Fsp3) is 0.500. The van der Waals surface area contributed by atoms with Gasteiger partial charge in [0, 0.05) is 26.1 Å². The number of rotatable bonds is 7. The van der Waals surface area contributed by atoms with Crippen LogP contribution in [-0.2, 0) is 17.7 Å². The quantitative estimate of drug-likeness (QED) is 0.432. The Hall–Kier alpha value is -1.28. The first-order chi connectivity index (χ1) is 10.1. The lowest BCUT2D eigenvalue weighted by atomic mass is 10.2. The van der Waals surface area contributed by atoms with E-state index in [-0.39, 0.29) is 12.4 Å². The normalized spacial score (nSPS) is 10.5. The second-order valence-electron chi connectivity index (χ2n) is 4.84. The molecule has 0 aromatic carbocycles. The van der Waals surface area contributed by atoms with Crippen LogP contribution in [0.3, 0.4) is 0 Å². The molecule has 0 amide bonds. The molecule has 0 unspecified atom stereocenters. The number of nitrogens with two attached hydrogens (primary N) is 2. The molecule has 6 nitrogen and oxygen atoms in total. The first-order valence-electron chi connectivity index (χ1n) is 6.94. The van der Waals surface area contributed by atoms with E-state index in [4.69, 9.17) is 16.2 Å². The summed E-state index contributed by atoms with van der Waals surface area (Å²) in [5.74, 6) is 1.24. The molecule has 0 saturated carbocycles. The minimum atomic E-state index is 0. The molecule has 22 heavy (non-hydrogen) atoms. The molecule has 0 fully saturated rings. The van der Waals surface area contributed by atoms with E-state index in [2.05, 4.69) is 27.0 Å². The zero-order valence-corrected chi connectivity index (χ0v) is 14.5. The molecule has 2 aromatic rings. The SMILES string of the molecule is Cc1ncc(C[n+]2csc(CCOCCN)c2C)c(N)n1.[Cl-]. The van der Waals surface area contributed by atoms with Gasteiger partial charge in [-0.15, -0.1) is 0 Å². The van der Waals surface area contributed by atoms with Crippen LogP contribution in [-0.4, -0.2) is 29.7 Å². The second-order valence-corrected chi connectivity index (χ2v) is 5.78. The van der Waals surface area contributed by atoms with Crippen molar-refractivity contribution in [3.05, 3.63) is 33.7 Å². The molecule has 2 rings (SSSR count). The molecule has 0 aliphatic carbocycles. The summed E-state index contributed by atoms with van der Waals surface area (Å²) in [5, 5.41) is 0. The average molecular weight is 344 g/mol. The van der Waals surface area contributed by atoms with Crippen LogP contribution in [0.15, 0.2) is 11.7 Å². The number of aryl methyl sites for hydroxylation is 1. The van der Waals surface area contributed by atoms with Crippen molar-refractivity contribution in [2.24, 2.45) is 5.73 Å². The van der Waals surface area contributed by atoms with E-state index in [0.717, 1.165) is 12.0 Å². The highest BCUT2D eigenvalue weighted by molar-refractivity contribution is 7.09. The molecule has 2 aromatic heterocycles. The molecule has 8 heteroatoms. The fourth-order valence-electron chi connectivity index (χ4n) is 2.02. The number of nitrogen functional groups attached to an aromatic ring is 1. The number of ether oxygens (including phenoxy) is 1. The van der Waals surface area contributed by atoms with E-state index in [0.29, 0.717) is 37.9 Å². The van der Waals surface area contributed by atoms with Gasteiger partial charge in [-0.3, -0.25) is 0 Å². The molecule has 0 aliphatic rings. The van der Waals surface area contributed by atoms with E-state index in [9.17, 15) is 0 Å². The van der Waals surface area contributed by atoms with Gasteiger partial charge in [0.25, 0.3) is 0 Å². The number of thiazole rings is 1. The van der Waals surface area contributed by atoms with Crippen molar-refractivity contribution >= 4 is 17.2 Å². The maximum absolute atomic E-state index is 5.95.